The van der Waals surface area contributed by atoms with Crippen molar-refractivity contribution in [2.75, 3.05) is 26.4 Å². The maximum Gasteiger partial charge on any atom is 0.327 e. The van der Waals surface area contributed by atoms with Crippen molar-refractivity contribution in [2.45, 2.75) is 37.9 Å². The Morgan fingerprint density at radius 2 is 1.61 bits per heavy atom. The van der Waals surface area contributed by atoms with Gasteiger partial charge in [0.1, 0.15) is 11.2 Å². The highest BCUT2D eigenvalue weighted by Gasteiger charge is 2.46. The summed E-state index contributed by atoms with van der Waals surface area (Å²) in [5.41, 5.74) is 0.119. The first-order valence-electron chi connectivity index (χ1n) is 6.22. The number of hydrogen-bond acceptors (Lipinski definition) is 4. The zero-order valence-corrected chi connectivity index (χ0v) is 11.1. The van der Waals surface area contributed by atoms with Crippen LogP contribution >= 0.6 is 0 Å². The third kappa shape index (κ3) is 4.76. The van der Waals surface area contributed by atoms with Crippen molar-refractivity contribution < 1.29 is 24.1 Å². The molecule has 2 saturated heterocycles. The van der Waals surface area contributed by atoms with E-state index in [1.165, 1.54) is 0 Å². The van der Waals surface area contributed by atoms with Crippen LogP contribution in [0.3, 0.4) is 0 Å². The van der Waals surface area contributed by atoms with Gasteiger partial charge in [0.05, 0.1) is 26.4 Å². The van der Waals surface area contributed by atoms with E-state index in [9.17, 15) is 4.79 Å². The van der Waals surface area contributed by atoms with Gasteiger partial charge in [-0.05, 0) is 12.8 Å². The molecule has 0 bridgehead atoms. The summed E-state index contributed by atoms with van der Waals surface area (Å²) in [4.78, 5) is 9.25. The van der Waals surface area contributed by atoms with E-state index in [1.54, 1.807) is 0 Å². The van der Waals surface area contributed by atoms with Crippen LogP contribution in [0.5, 0.6) is 0 Å². The van der Waals surface area contributed by atoms with Gasteiger partial charge in [-0.3, -0.25) is 0 Å². The van der Waals surface area contributed by atoms with Crippen LogP contribution in [0.15, 0.2) is 12.7 Å². The lowest BCUT2D eigenvalue weighted by atomic mass is 10.1. The molecule has 0 saturated carbocycles. The van der Waals surface area contributed by atoms with Gasteiger partial charge in [0.25, 0.3) is 0 Å². The predicted octanol–water partition coefficient (Wildman–Crippen LogP) is 1.62. The molecule has 1 N–H and O–H groups in total. The van der Waals surface area contributed by atoms with E-state index < -0.39 is 5.97 Å². The molecule has 0 spiro atoms. The van der Waals surface area contributed by atoms with Crippen LogP contribution in [-0.2, 0) is 19.0 Å². The number of carboxylic acid groups (broad SMARTS) is 1. The Morgan fingerprint density at radius 3 is 1.78 bits per heavy atom. The number of carboxylic acids is 1. The summed E-state index contributed by atoms with van der Waals surface area (Å²) in [6.07, 6.45) is 2.93. The molecule has 104 valence electrons. The monoisotopic (exact) mass is 258 g/mol. The average molecular weight is 258 g/mol. The van der Waals surface area contributed by atoms with Gasteiger partial charge in [-0.1, -0.05) is 20.4 Å². The first-order chi connectivity index (χ1) is 8.51. The fourth-order valence-corrected chi connectivity index (χ4v) is 1.41. The average Bonchev–Trinajstić information content (AvgIpc) is 3.27. The third-order valence-corrected chi connectivity index (χ3v) is 3.30. The number of aliphatic carboxylic acids is 1. The van der Waals surface area contributed by atoms with E-state index in [0.29, 0.717) is 0 Å². The van der Waals surface area contributed by atoms with Crippen molar-refractivity contribution in [1.82, 2.24) is 0 Å². The van der Waals surface area contributed by atoms with E-state index in [1.807, 2.05) is 0 Å². The third-order valence-electron chi connectivity index (χ3n) is 3.30. The van der Waals surface area contributed by atoms with Crippen molar-refractivity contribution in [3.05, 3.63) is 12.7 Å². The summed E-state index contributed by atoms with van der Waals surface area (Å²) in [6, 6.07) is 0. The molecule has 0 radical (unpaired) electrons. The molecule has 0 aromatic carbocycles. The van der Waals surface area contributed by atoms with Gasteiger partial charge in [-0.2, -0.15) is 0 Å². The molecule has 0 aromatic rings. The largest absolute Gasteiger partial charge is 0.478 e. The second-order valence-corrected chi connectivity index (χ2v) is 4.69. The molecule has 2 unspecified atom stereocenters. The smallest absolute Gasteiger partial charge is 0.327 e. The molecule has 0 amide bonds. The van der Waals surface area contributed by atoms with Gasteiger partial charge in [0.15, 0.2) is 0 Å². The number of epoxide rings is 2. The Hall–Kier alpha value is -0.910. The van der Waals surface area contributed by atoms with Crippen LogP contribution < -0.4 is 0 Å². The normalized spacial score (nSPS) is 32.1. The number of ether oxygens (including phenoxy) is 3. The molecule has 18 heavy (non-hydrogen) atoms. The molecular weight excluding hydrogens is 236 g/mol. The molecule has 2 aliphatic rings. The molecular formula is C13H22O5. The highest BCUT2D eigenvalue weighted by molar-refractivity contribution is 5.78. The van der Waals surface area contributed by atoms with Crippen LogP contribution in [0.2, 0.25) is 0 Å². The Bertz CT molecular complexity index is 272. The maximum absolute atomic E-state index is 9.25. The van der Waals surface area contributed by atoms with Crippen molar-refractivity contribution in [2.24, 2.45) is 0 Å². The summed E-state index contributed by atoms with van der Waals surface area (Å²) in [6.45, 7) is 10.4. The zero-order valence-electron chi connectivity index (χ0n) is 11.1. The lowest BCUT2D eigenvalue weighted by molar-refractivity contribution is -0.131. The standard InChI is InChI=1S/C10H18O3.C3H4O2/c1-3-9(7-12-9)5-11-6-10(4-2)8-13-10;1-2-3(4)5/h3-8H2,1-2H3;2H,1H2,(H,4,5). The minimum Gasteiger partial charge on any atom is -0.478 e. The minimum absolute atomic E-state index is 0.0593. The quantitative estimate of drug-likeness (QED) is 0.555. The van der Waals surface area contributed by atoms with Gasteiger partial charge in [0, 0.05) is 6.08 Å². The summed E-state index contributed by atoms with van der Waals surface area (Å²) in [5, 5.41) is 7.60. The van der Waals surface area contributed by atoms with E-state index in [-0.39, 0.29) is 11.2 Å². The lowest BCUT2D eigenvalue weighted by Crippen LogP contribution is -2.24. The maximum atomic E-state index is 9.25. The number of rotatable bonds is 7. The molecule has 2 rings (SSSR count). The Morgan fingerprint density at radius 1 is 1.28 bits per heavy atom. The van der Waals surface area contributed by atoms with E-state index in [2.05, 4.69) is 20.4 Å². The van der Waals surface area contributed by atoms with Gasteiger partial charge in [-0.25, -0.2) is 4.79 Å². The molecule has 2 heterocycles. The number of hydrogen-bond donors (Lipinski definition) is 1. The van der Waals surface area contributed by atoms with E-state index in [4.69, 9.17) is 19.3 Å². The van der Waals surface area contributed by atoms with Crippen LogP contribution in [0, 0.1) is 0 Å². The first kappa shape index (κ1) is 15.1. The van der Waals surface area contributed by atoms with Crippen LogP contribution in [0.25, 0.3) is 0 Å². The fraction of sp³-hybridized carbons (Fsp3) is 0.769. The first-order valence-corrected chi connectivity index (χ1v) is 6.22. The van der Waals surface area contributed by atoms with Gasteiger partial charge in [0.2, 0.25) is 0 Å². The molecule has 5 nitrogen and oxygen atoms in total. The summed E-state index contributed by atoms with van der Waals surface area (Å²) in [5.74, 6) is -0.981. The van der Waals surface area contributed by atoms with Crippen molar-refractivity contribution in [3.8, 4) is 0 Å². The summed E-state index contributed by atoms with van der Waals surface area (Å²) < 4.78 is 16.3. The lowest BCUT2D eigenvalue weighted by Gasteiger charge is -2.13. The Kier molecular flexibility index (Phi) is 5.31. The highest BCUT2D eigenvalue weighted by atomic mass is 16.6. The topological polar surface area (TPSA) is 71.6 Å². The van der Waals surface area contributed by atoms with Gasteiger partial charge < -0.3 is 19.3 Å². The van der Waals surface area contributed by atoms with Crippen molar-refractivity contribution in [3.63, 3.8) is 0 Å². The van der Waals surface area contributed by atoms with Crippen LogP contribution in [0.4, 0.5) is 0 Å². The second kappa shape index (κ2) is 6.31. The van der Waals surface area contributed by atoms with Crippen LogP contribution in [-0.4, -0.2) is 48.7 Å². The van der Waals surface area contributed by atoms with Crippen molar-refractivity contribution in [1.29, 1.82) is 0 Å². The second-order valence-electron chi connectivity index (χ2n) is 4.69. The van der Waals surface area contributed by atoms with Gasteiger partial charge >= 0.3 is 5.97 Å². The van der Waals surface area contributed by atoms with E-state index in [0.717, 1.165) is 45.3 Å². The predicted molar refractivity (Wildman–Crippen MR) is 66.6 cm³/mol. The molecule has 2 aliphatic heterocycles. The zero-order chi connectivity index (χ0) is 13.6. The van der Waals surface area contributed by atoms with Crippen LogP contribution in [0.1, 0.15) is 26.7 Å². The van der Waals surface area contributed by atoms with E-state index >= 15 is 0 Å². The molecule has 0 aliphatic carbocycles. The molecule has 2 atom stereocenters. The van der Waals surface area contributed by atoms with Crippen molar-refractivity contribution >= 4 is 5.97 Å². The highest BCUT2D eigenvalue weighted by Crippen LogP contribution is 2.34. The molecule has 5 heteroatoms. The fourth-order valence-electron chi connectivity index (χ4n) is 1.41. The minimum atomic E-state index is -0.981. The summed E-state index contributed by atoms with van der Waals surface area (Å²) >= 11 is 0. The molecule has 2 fully saturated rings. The Balaban J connectivity index is 0.000000280. The summed E-state index contributed by atoms with van der Waals surface area (Å²) in [7, 11) is 0. The van der Waals surface area contributed by atoms with Gasteiger partial charge in [-0.15, -0.1) is 0 Å². The molecule has 0 aromatic heterocycles. The number of carbonyl (C=O) groups is 1. The Labute approximate surface area is 108 Å². The SMILES string of the molecule is C=CC(=O)O.CCC1(COCC2(CC)CO2)CO1.